The van der Waals surface area contributed by atoms with Crippen molar-refractivity contribution in [3.05, 3.63) is 0 Å². The van der Waals surface area contributed by atoms with Crippen molar-refractivity contribution in [2.45, 2.75) is 122 Å². The zero-order valence-electron chi connectivity index (χ0n) is 17.7. The first-order valence-corrected chi connectivity index (χ1v) is 12.5. The normalized spacial score (nSPS) is 13.4. The molecule has 0 bridgehead atoms. The summed E-state index contributed by atoms with van der Waals surface area (Å²) in [5.41, 5.74) is 0. The molecule has 162 valence electrons. The zero-order chi connectivity index (χ0) is 20.2. The standard InChI is InChI=1S/C21H42FO4P/c1-3-4-5-6-7-8-9-10-11-12-13-14-15-16-17-18-19-20-21(23)26-27(22,24)25-2/h3-20H2,1-2H3. The molecule has 0 saturated heterocycles. The van der Waals surface area contributed by atoms with Crippen LogP contribution in [0.3, 0.4) is 0 Å². The Hall–Kier alpha value is -0.410. The summed E-state index contributed by atoms with van der Waals surface area (Å²) in [5, 5.41) is 0. The van der Waals surface area contributed by atoms with Crippen LogP contribution in [-0.2, 0) is 18.4 Å². The van der Waals surface area contributed by atoms with Crippen molar-refractivity contribution in [1.82, 2.24) is 0 Å². The SMILES string of the molecule is CCCCCCCCCCCCCCCCCCCC(=O)OP(=O)(F)OC. The Labute approximate surface area is 166 Å². The lowest BCUT2D eigenvalue weighted by Crippen LogP contribution is -2.01. The summed E-state index contributed by atoms with van der Waals surface area (Å²) in [6.07, 6.45) is 21.6. The van der Waals surface area contributed by atoms with Gasteiger partial charge >= 0.3 is 13.9 Å². The highest BCUT2D eigenvalue weighted by Crippen LogP contribution is 2.49. The van der Waals surface area contributed by atoms with Gasteiger partial charge in [0.05, 0.1) is 0 Å². The van der Waals surface area contributed by atoms with Crippen LogP contribution < -0.4 is 0 Å². The molecule has 1 unspecified atom stereocenters. The molecule has 0 aromatic rings. The third-order valence-corrected chi connectivity index (χ3v) is 5.77. The second-order valence-electron chi connectivity index (χ2n) is 7.48. The number of hydrogen-bond acceptors (Lipinski definition) is 4. The van der Waals surface area contributed by atoms with Crippen molar-refractivity contribution < 1.29 is 22.6 Å². The van der Waals surface area contributed by atoms with Crippen LogP contribution in [0.1, 0.15) is 122 Å². The number of unbranched alkanes of at least 4 members (excludes halogenated alkanes) is 16. The van der Waals surface area contributed by atoms with Crippen LogP contribution in [0.15, 0.2) is 0 Å². The van der Waals surface area contributed by atoms with Crippen LogP contribution in [0.4, 0.5) is 4.20 Å². The fraction of sp³-hybridized carbons (Fsp3) is 0.952. The molecule has 0 aliphatic heterocycles. The maximum Gasteiger partial charge on any atom is 0.571 e. The fourth-order valence-electron chi connectivity index (χ4n) is 3.20. The number of hydrogen-bond donors (Lipinski definition) is 0. The van der Waals surface area contributed by atoms with Gasteiger partial charge in [0.2, 0.25) is 0 Å². The van der Waals surface area contributed by atoms with E-state index in [0.29, 0.717) is 6.42 Å². The lowest BCUT2D eigenvalue weighted by molar-refractivity contribution is -0.135. The molecular formula is C21H42FO4P. The molecule has 0 rings (SSSR count). The lowest BCUT2D eigenvalue weighted by atomic mass is 10.0. The quantitative estimate of drug-likeness (QED) is 0.150. The van der Waals surface area contributed by atoms with Crippen molar-refractivity contribution in [2.75, 3.05) is 7.11 Å². The van der Waals surface area contributed by atoms with Gasteiger partial charge in [-0.05, 0) is 6.42 Å². The van der Waals surface area contributed by atoms with Gasteiger partial charge in [-0.15, -0.1) is 4.20 Å². The molecular weight excluding hydrogens is 366 g/mol. The molecule has 0 heterocycles. The van der Waals surface area contributed by atoms with Gasteiger partial charge in [-0.3, -0.25) is 9.32 Å². The first-order chi connectivity index (χ1) is 13.0. The summed E-state index contributed by atoms with van der Waals surface area (Å²) in [6.45, 7) is 2.26. The average molecular weight is 409 g/mol. The van der Waals surface area contributed by atoms with E-state index in [1.54, 1.807) is 0 Å². The van der Waals surface area contributed by atoms with E-state index >= 15 is 0 Å². The van der Waals surface area contributed by atoms with E-state index < -0.39 is 13.9 Å². The Morgan fingerprint density at radius 1 is 0.704 bits per heavy atom. The van der Waals surface area contributed by atoms with Crippen molar-refractivity contribution in [3.8, 4) is 0 Å². The third kappa shape index (κ3) is 20.1. The molecule has 0 fully saturated rings. The first kappa shape index (κ1) is 26.6. The van der Waals surface area contributed by atoms with Crippen LogP contribution >= 0.6 is 7.91 Å². The van der Waals surface area contributed by atoms with Crippen molar-refractivity contribution >= 4 is 13.9 Å². The molecule has 0 aromatic carbocycles. The molecule has 4 nitrogen and oxygen atoms in total. The molecule has 27 heavy (non-hydrogen) atoms. The molecule has 0 aromatic heterocycles. The predicted molar refractivity (Wildman–Crippen MR) is 111 cm³/mol. The van der Waals surface area contributed by atoms with E-state index in [4.69, 9.17) is 0 Å². The van der Waals surface area contributed by atoms with E-state index in [-0.39, 0.29) is 6.42 Å². The van der Waals surface area contributed by atoms with Gasteiger partial charge in [0, 0.05) is 13.5 Å². The fourth-order valence-corrected chi connectivity index (χ4v) is 3.61. The van der Waals surface area contributed by atoms with Gasteiger partial charge in [-0.1, -0.05) is 110 Å². The van der Waals surface area contributed by atoms with Gasteiger partial charge in [0.15, 0.2) is 0 Å². The second kappa shape index (κ2) is 18.9. The van der Waals surface area contributed by atoms with Gasteiger partial charge < -0.3 is 4.52 Å². The van der Waals surface area contributed by atoms with Crippen LogP contribution in [0, 0.1) is 0 Å². The summed E-state index contributed by atoms with van der Waals surface area (Å²) in [4.78, 5) is 11.3. The number of halogens is 1. The molecule has 1 atom stereocenters. The molecule has 0 radical (unpaired) electrons. The topological polar surface area (TPSA) is 52.6 Å². The maximum atomic E-state index is 12.9. The highest BCUT2D eigenvalue weighted by atomic mass is 31.2. The van der Waals surface area contributed by atoms with Gasteiger partial charge in [-0.25, -0.2) is 4.57 Å². The van der Waals surface area contributed by atoms with E-state index in [1.165, 1.54) is 89.9 Å². The summed E-state index contributed by atoms with van der Waals surface area (Å²) in [6, 6.07) is 0. The minimum Gasteiger partial charge on any atom is -0.367 e. The lowest BCUT2D eigenvalue weighted by Gasteiger charge is -2.06. The molecule has 0 aliphatic rings. The third-order valence-electron chi connectivity index (χ3n) is 4.91. The second-order valence-corrected chi connectivity index (χ2v) is 8.89. The van der Waals surface area contributed by atoms with E-state index in [2.05, 4.69) is 16.0 Å². The largest absolute Gasteiger partial charge is 0.571 e. The Kier molecular flexibility index (Phi) is 18.6. The van der Waals surface area contributed by atoms with Crippen LogP contribution in [0.5, 0.6) is 0 Å². The number of carbonyl (C=O) groups excluding carboxylic acids is 1. The average Bonchev–Trinajstić information content (AvgIpc) is 2.64. The van der Waals surface area contributed by atoms with Crippen molar-refractivity contribution in [2.24, 2.45) is 0 Å². The first-order valence-electron chi connectivity index (χ1n) is 11.1. The maximum absolute atomic E-state index is 12.9. The molecule has 0 N–H and O–H groups in total. The molecule has 6 heteroatoms. The minimum atomic E-state index is -4.67. The summed E-state index contributed by atoms with van der Waals surface area (Å²) in [5.74, 6) is -0.788. The van der Waals surface area contributed by atoms with Crippen LogP contribution in [-0.4, -0.2) is 13.1 Å². The number of rotatable bonds is 20. The Morgan fingerprint density at radius 3 is 1.37 bits per heavy atom. The molecule has 0 saturated carbocycles. The monoisotopic (exact) mass is 408 g/mol. The van der Waals surface area contributed by atoms with E-state index in [9.17, 15) is 13.6 Å². The molecule has 0 aliphatic carbocycles. The Morgan fingerprint density at radius 2 is 1.04 bits per heavy atom. The highest BCUT2D eigenvalue weighted by Gasteiger charge is 2.26. The molecule has 0 amide bonds. The van der Waals surface area contributed by atoms with E-state index in [1.807, 2.05) is 0 Å². The summed E-state index contributed by atoms with van der Waals surface area (Å²) in [7, 11) is -3.75. The smallest absolute Gasteiger partial charge is 0.367 e. The van der Waals surface area contributed by atoms with Gasteiger partial charge in [0.25, 0.3) is 0 Å². The summed E-state index contributed by atoms with van der Waals surface area (Å²) < 4.78 is 31.9. The highest BCUT2D eigenvalue weighted by molar-refractivity contribution is 7.48. The van der Waals surface area contributed by atoms with Crippen molar-refractivity contribution in [3.63, 3.8) is 0 Å². The zero-order valence-corrected chi connectivity index (χ0v) is 18.6. The number of carbonyl (C=O) groups is 1. The predicted octanol–water partition coefficient (Wildman–Crippen LogP) is 8.30. The Balaban J connectivity index is 3.19. The van der Waals surface area contributed by atoms with Gasteiger partial charge in [-0.2, -0.15) is 0 Å². The van der Waals surface area contributed by atoms with Crippen LogP contribution in [0.25, 0.3) is 0 Å². The van der Waals surface area contributed by atoms with Crippen molar-refractivity contribution in [1.29, 1.82) is 0 Å². The Bertz CT molecular complexity index is 390. The van der Waals surface area contributed by atoms with Gasteiger partial charge in [0.1, 0.15) is 0 Å². The summed E-state index contributed by atoms with van der Waals surface area (Å²) >= 11 is 0. The van der Waals surface area contributed by atoms with E-state index in [0.717, 1.165) is 20.0 Å². The van der Waals surface area contributed by atoms with Crippen LogP contribution in [0.2, 0.25) is 0 Å². The molecule has 0 spiro atoms. The minimum absolute atomic E-state index is 0.0931.